The third kappa shape index (κ3) is 9.20. The van der Waals surface area contributed by atoms with Crippen molar-refractivity contribution in [3.63, 3.8) is 0 Å². The van der Waals surface area contributed by atoms with Gasteiger partial charge in [0.2, 0.25) is 20.0 Å². The Labute approximate surface area is 151 Å². The molecule has 0 bridgehead atoms. The van der Waals surface area contributed by atoms with E-state index in [0.29, 0.717) is 18.6 Å². The lowest BCUT2D eigenvalue weighted by Crippen LogP contribution is -2.34. The summed E-state index contributed by atoms with van der Waals surface area (Å²) in [5.41, 5.74) is 0.823. The Kier molecular flexibility index (Phi) is 8.84. The van der Waals surface area contributed by atoms with Gasteiger partial charge in [0.1, 0.15) is 11.9 Å². The minimum Gasteiger partial charge on any atom is -0.489 e. The monoisotopic (exact) mass is 392 g/mol. The number of sulfonamides is 2. The molecular weight excluding hydrogens is 364 g/mol. The molecule has 0 aliphatic rings. The van der Waals surface area contributed by atoms with Gasteiger partial charge in [0.05, 0.1) is 11.5 Å². The molecule has 0 radical (unpaired) electrons. The lowest BCUT2D eigenvalue weighted by atomic mass is 10.2. The van der Waals surface area contributed by atoms with E-state index in [0.717, 1.165) is 5.56 Å². The summed E-state index contributed by atoms with van der Waals surface area (Å²) in [6.45, 7) is 5.83. The van der Waals surface area contributed by atoms with Crippen molar-refractivity contribution in [3.05, 3.63) is 29.8 Å². The molecule has 0 aliphatic carbocycles. The third-order valence-electron chi connectivity index (χ3n) is 3.29. The van der Waals surface area contributed by atoms with E-state index in [4.69, 9.17) is 4.74 Å². The normalized spacial score (nSPS) is 13.6. The fraction of sp³-hybridized carbons (Fsp3) is 0.625. The number of benzene rings is 1. The number of ether oxygens (including phenoxy) is 1. The van der Waals surface area contributed by atoms with Gasteiger partial charge in [-0.2, -0.15) is 0 Å². The first-order chi connectivity index (χ1) is 11.7. The van der Waals surface area contributed by atoms with Gasteiger partial charge in [-0.3, -0.25) is 0 Å². The van der Waals surface area contributed by atoms with Crippen molar-refractivity contribution in [3.8, 4) is 5.75 Å². The van der Waals surface area contributed by atoms with E-state index < -0.39 is 20.0 Å². The van der Waals surface area contributed by atoms with Gasteiger partial charge in [-0.25, -0.2) is 26.3 Å². The van der Waals surface area contributed by atoms with Gasteiger partial charge in [-0.15, -0.1) is 0 Å². The van der Waals surface area contributed by atoms with Crippen LogP contribution < -0.4 is 14.2 Å². The second-order valence-corrected chi connectivity index (χ2v) is 9.73. The smallest absolute Gasteiger partial charge is 0.211 e. The van der Waals surface area contributed by atoms with Gasteiger partial charge in [-0.05, 0) is 37.5 Å². The van der Waals surface area contributed by atoms with E-state index in [1.807, 2.05) is 13.8 Å². The summed E-state index contributed by atoms with van der Waals surface area (Å²) >= 11 is 0. The van der Waals surface area contributed by atoms with Crippen LogP contribution in [-0.2, 0) is 26.6 Å². The maximum atomic E-state index is 11.6. The standard InChI is InChI=1S/C16H28N2O5S2/c1-4-10-24(19,20)17-12-14(3)23-16-8-6-15(7-9-16)13-18-25(21,22)11-5-2/h6-9,14,17-18H,4-5,10-13H2,1-3H3. The Morgan fingerprint density at radius 3 is 1.96 bits per heavy atom. The molecule has 0 spiro atoms. The number of rotatable bonds is 12. The quantitative estimate of drug-likeness (QED) is 0.563. The van der Waals surface area contributed by atoms with Gasteiger partial charge in [0.15, 0.2) is 0 Å². The molecular formula is C16H28N2O5S2. The van der Waals surface area contributed by atoms with Gasteiger partial charge in [-0.1, -0.05) is 26.0 Å². The molecule has 0 amide bonds. The van der Waals surface area contributed by atoms with Crippen LogP contribution >= 0.6 is 0 Å². The van der Waals surface area contributed by atoms with Gasteiger partial charge in [0, 0.05) is 13.1 Å². The Morgan fingerprint density at radius 1 is 0.920 bits per heavy atom. The minimum atomic E-state index is -3.25. The molecule has 0 saturated heterocycles. The fourth-order valence-electron chi connectivity index (χ4n) is 2.08. The number of nitrogens with one attached hydrogen (secondary N) is 2. The van der Waals surface area contributed by atoms with Crippen LogP contribution in [0.1, 0.15) is 39.2 Å². The van der Waals surface area contributed by atoms with Crippen molar-refractivity contribution >= 4 is 20.0 Å². The molecule has 144 valence electrons. The lowest BCUT2D eigenvalue weighted by Gasteiger charge is -2.16. The van der Waals surface area contributed by atoms with Gasteiger partial charge >= 0.3 is 0 Å². The molecule has 1 rings (SSSR count). The summed E-state index contributed by atoms with van der Waals surface area (Å²) in [5.74, 6) is 0.810. The summed E-state index contributed by atoms with van der Waals surface area (Å²) in [5, 5.41) is 0. The van der Waals surface area contributed by atoms with Crippen molar-refractivity contribution in [2.24, 2.45) is 0 Å². The van der Waals surface area contributed by atoms with Crippen molar-refractivity contribution in [1.29, 1.82) is 0 Å². The topological polar surface area (TPSA) is 102 Å². The van der Waals surface area contributed by atoms with Crippen LogP contribution in [0.25, 0.3) is 0 Å². The fourth-order valence-corrected chi connectivity index (χ4v) is 4.32. The van der Waals surface area contributed by atoms with Crippen LogP contribution in [0, 0.1) is 0 Å². The summed E-state index contributed by atoms with van der Waals surface area (Å²) in [7, 11) is -6.48. The highest BCUT2D eigenvalue weighted by atomic mass is 32.2. The first-order valence-corrected chi connectivity index (χ1v) is 11.7. The van der Waals surface area contributed by atoms with E-state index in [2.05, 4.69) is 9.44 Å². The van der Waals surface area contributed by atoms with E-state index >= 15 is 0 Å². The first kappa shape index (κ1) is 21.9. The SMILES string of the molecule is CCCS(=O)(=O)NCc1ccc(OC(C)CNS(=O)(=O)CCC)cc1. The predicted molar refractivity (Wildman–Crippen MR) is 99.5 cm³/mol. The van der Waals surface area contributed by atoms with Crippen molar-refractivity contribution in [2.45, 2.75) is 46.3 Å². The van der Waals surface area contributed by atoms with E-state index in [9.17, 15) is 16.8 Å². The summed E-state index contributed by atoms with van der Waals surface area (Å²) < 4.78 is 57.2. The highest BCUT2D eigenvalue weighted by molar-refractivity contribution is 7.89. The van der Waals surface area contributed by atoms with Crippen LogP contribution in [0.5, 0.6) is 5.75 Å². The zero-order valence-electron chi connectivity index (χ0n) is 15.0. The summed E-state index contributed by atoms with van der Waals surface area (Å²) in [6, 6.07) is 7.02. The molecule has 25 heavy (non-hydrogen) atoms. The first-order valence-electron chi connectivity index (χ1n) is 8.37. The molecule has 2 N–H and O–H groups in total. The second-order valence-electron chi connectivity index (χ2n) is 5.88. The largest absolute Gasteiger partial charge is 0.489 e. The zero-order valence-corrected chi connectivity index (χ0v) is 16.6. The van der Waals surface area contributed by atoms with Gasteiger partial charge in [0.25, 0.3) is 0 Å². The van der Waals surface area contributed by atoms with Crippen LogP contribution in [0.2, 0.25) is 0 Å². The zero-order chi connectivity index (χ0) is 18.9. The molecule has 7 nitrogen and oxygen atoms in total. The lowest BCUT2D eigenvalue weighted by molar-refractivity contribution is 0.225. The summed E-state index contributed by atoms with van der Waals surface area (Å²) in [4.78, 5) is 0. The average Bonchev–Trinajstić information content (AvgIpc) is 2.52. The van der Waals surface area contributed by atoms with E-state index in [1.54, 1.807) is 31.2 Å². The van der Waals surface area contributed by atoms with Crippen LogP contribution in [-0.4, -0.2) is 41.0 Å². The molecule has 0 saturated carbocycles. The molecule has 9 heteroatoms. The predicted octanol–water partition coefficient (Wildman–Crippen LogP) is 1.61. The summed E-state index contributed by atoms with van der Waals surface area (Å²) in [6.07, 6.45) is 0.816. The maximum absolute atomic E-state index is 11.6. The van der Waals surface area contributed by atoms with E-state index in [-0.39, 0.29) is 30.7 Å². The second kappa shape index (κ2) is 10.1. The van der Waals surface area contributed by atoms with Crippen LogP contribution in [0.3, 0.4) is 0 Å². The van der Waals surface area contributed by atoms with E-state index in [1.165, 1.54) is 0 Å². The Hall–Kier alpha value is -1.16. The Bertz CT molecular complexity index is 715. The third-order valence-corrected chi connectivity index (χ3v) is 6.38. The molecule has 1 aromatic rings. The number of hydrogen-bond donors (Lipinski definition) is 2. The van der Waals surface area contributed by atoms with Crippen molar-refractivity contribution in [1.82, 2.24) is 9.44 Å². The van der Waals surface area contributed by atoms with Crippen LogP contribution in [0.4, 0.5) is 0 Å². The molecule has 0 heterocycles. The Morgan fingerprint density at radius 2 is 1.44 bits per heavy atom. The van der Waals surface area contributed by atoms with Crippen molar-refractivity contribution in [2.75, 3.05) is 18.1 Å². The molecule has 1 unspecified atom stereocenters. The van der Waals surface area contributed by atoms with Gasteiger partial charge < -0.3 is 4.74 Å². The highest BCUT2D eigenvalue weighted by Gasteiger charge is 2.12. The van der Waals surface area contributed by atoms with Crippen LogP contribution in [0.15, 0.2) is 24.3 Å². The molecule has 0 aromatic heterocycles. The Balaban J connectivity index is 2.48. The highest BCUT2D eigenvalue weighted by Crippen LogP contribution is 2.14. The molecule has 1 atom stereocenters. The molecule has 0 aliphatic heterocycles. The average molecular weight is 393 g/mol. The minimum absolute atomic E-state index is 0.0996. The molecule has 0 fully saturated rings. The maximum Gasteiger partial charge on any atom is 0.211 e. The number of hydrogen-bond acceptors (Lipinski definition) is 5. The van der Waals surface area contributed by atoms with Crippen molar-refractivity contribution < 1.29 is 21.6 Å². The molecule has 1 aromatic carbocycles.